The first kappa shape index (κ1) is 15.7. The Morgan fingerprint density at radius 1 is 1.17 bits per heavy atom. The van der Waals surface area contributed by atoms with Gasteiger partial charge in [0.25, 0.3) is 0 Å². The fourth-order valence-electron chi connectivity index (χ4n) is 1.57. The molecule has 2 nitrogen and oxygen atoms in total. The second-order valence-electron chi connectivity index (χ2n) is 6.33. The van der Waals surface area contributed by atoms with Gasteiger partial charge in [-0.05, 0) is 52.5 Å². The van der Waals surface area contributed by atoms with Gasteiger partial charge in [0.1, 0.15) is 0 Å². The minimum atomic E-state index is -2.52. The van der Waals surface area contributed by atoms with Crippen molar-refractivity contribution in [1.29, 1.82) is 0 Å². The topological polar surface area (TPSA) is 29.4 Å². The van der Waals surface area contributed by atoms with Crippen molar-refractivity contribution in [3.05, 3.63) is 29.3 Å². The lowest BCUT2D eigenvalue weighted by molar-refractivity contribution is 0.640. The van der Waals surface area contributed by atoms with Crippen LogP contribution in [0, 0.1) is 0 Å². The molecule has 1 aromatic rings. The third kappa shape index (κ3) is 3.37. The van der Waals surface area contributed by atoms with Gasteiger partial charge in [0, 0.05) is 4.75 Å². The average molecular weight is 304 g/mol. The van der Waals surface area contributed by atoms with Crippen LogP contribution in [-0.2, 0) is 9.73 Å². The molecule has 0 aromatic heterocycles. The largest absolute Gasteiger partial charge is 0.274 e. The molecule has 0 saturated heterocycles. The van der Waals surface area contributed by atoms with Gasteiger partial charge in [0.15, 0.2) is 8.24 Å². The molecular weight excluding hydrogens is 282 g/mol. The molecule has 1 rings (SSSR count). The smallest absolute Gasteiger partial charge is 0.185 e. The van der Waals surface area contributed by atoms with Crippen LogP contribution < -0.4 is 0 Å². The molecule has 0 amide bonds. The molecule has 1 unspecified atom stereocenters. The predicted octanol–water partition coefficient (Wildman–Crippen LogP) is 4.80. The van der Waals surface area contributed by atoms with Gasteiger partial charge in [0.05, 0.1) is 19.6 Å². The maximum Gasteiger partial charge on any atom is 0.185 e. The summed E-state index contributed by atoms with van der Waals surface area (Å²) in [6.07, 6.45) is 0. The summed E-state index contributed by atoms with van der Waals surface area (Å²) in [5, 5.41) is 0.541. The standard InChI is InChI=1S/C13H22ClNOSSi/c1-13(2,3)17(16,15-18(4,5)6)12-10-8-7-9-11(12)14/h7-10H,1-6H3. The molecule has 5 heteroatoms. The summed E-state index contributed by atoms with van der Waals surface area (Å²) >= 11 is 6.22. The SMILES string of the molecule is CC(C)(C)S(=O)(=N[Si](C)(C)C)c1ccccc1Cl. The quantitative estimate of drug-likeness (QED) is 0.722. The fourth-order valence-corrected chi connectivity index (χ4v) is 7.85. The van der Waals surface area contributed by atoms with Gasteiger partial charge in [0.2, 0.25) is 0 Å². The molecule has 0 heterocycles. The second-order valence-corrected chi connectivity index (χ2v) is 14.5. The van der Waals surface area contributed by atoms with E-state index in [-0.39, 0.29) is 0 Å². The van der Waals surface area contributed by atoms with Gasteiger partial charge >= 0.3 is 0 Å². The molecule has 1 aromatic carbocycles. The van der Waals surface area contributed by atoms with Crippen LogP contribution in [0.3, 0.4) is 0 Å². The van der Waals surface area contributed by atoms with Gasteiger partial charge in [-0.15, -0.1) is 0 Å². The van der Waals surface area contributed by atoms with Crippen LogP contribution in [0.5, 0.6) is 0 Å². The third-order valence-corrected chi connectivity index (χ3v) is 8.64. The molecule has 0 aliphatic carbocycles. The summed E-state index contributed by atoms with van der Waals surface area (Å²) in [4.78, 5) is 0.668. The van der Waals surface area contributed by atoms with Crippen molar-refractivity contribution in [3.63, 3.8) is 0 Å². The highest BCUT2D eigenvalue weighted by molar-refractivity contribution is 7.95. The van der Waals surface area contributed by atoms with E-state index in [1.165, 1.54) is 0 Å². The summed E-state index contributed by atoms with van der Waals surface area (Å²) in [7, 11) is -4.33. The molecule has 0 aliphatic heterocycles. The summed E-state index contributed by atoms with van der Waals surface area (Å²) < 4.78 is 17.7. The predicted molar refractivity (Wildman–Crippen MR) is 83.4 cm³/mol. The molecule has 0 radical (unpaired) electrons. The molecule has 18 heavy (non-hydrogen) atoms. The number of halogens is 1. The Balaban J connectivity index is 3.68. The normalized spacial score (nSPS) is 16.2. The first-order valence-electron chi connectivity index (χ1n) is 6.00. The third-order valence-electron chi connectivity index (χ3n) is 2.37. The summed E-state index contributed by atoms with van der Waals surface area (Å²) in [5.74, 6) is 0. The minimum absolute atomic E-state index is 0.432. The highest BCUT2D eigenvalue weighted by atomic mass is 35.5. The first-order chi connectivity index (χ1) is 7.97. The molecule has 0 N–H and O–H groups in total. The van der Waals surface area contributed by atoms with Crippen LogP contribution in [0.2, 0.25) is 24.7 Å². The van der Waals surface area contributed by atoms with Crippen LogP contribution in [-0.4, -0.2) is 17.2 Å². The van der Waals surface area contributed by atoms with Crippen molar-refractivity contribution in [2.24, 2.45) is 4.03 Å². The monoisotopic (exact) mass is 303 g/mol. The zero-order valence-electron chi connectivity index (χ0n) is 12.0. The number of hydrogen-bond donors (Lipinski definition) is 0. The van der Waals surface area contributed by atoms with Gasteiger partial charge in [-0.1, -0.05) is 23.7 Å². The Hall–Kier alpha value is -0.323. The van der Waals surface area contributed by atoms with Crippen molar-refractivity contribution < 1.29 is 4.21 Å². The molecular formula is C13H22ClNOSSi. The van der Waals surface area contributed by atoms with Crippen LogP contribution in [0.15, 0.2) is 33.2 Å². The van der Waals surface area contributed by atoms with Gasteiger partial charge in [-0.3, -0.25) is 4.03 Å². The molecule has 1 atom stereocenters. The van der Waals surface area contributed by atoms with E-state index in [0.717, 1.165) is 0 Å². The van der Waals surface area contributed by atoms with Crippen molar-refractivity contribution in [3.8, 4) is 0 Å². The molecule has 0 bridgehead atoms. The summed E-state index contributed by atoms with van der Waals surface area (Å²) in [6.45, 7) is 12.2. The van der Waals surface area contributed by atoms with E-state index in [9.17, 15) is 4.21 Å². The molecule has 0 fully saturated rings. The van der Waals surface area contributed by atoms with Gasteiger partial charge < -0.3 is 0 Å². The molecule has 102 valence electrons. The Bertz CT molecular complexity index is 549. The summed E-state index contributed by atoms with van der Waals surface area (Å²) in [6, 6.07) is 7.33. The van der Waals surface area contributed by atoms with E-state index in [2.05, 4.69) is 19.6 Å². The Labute approximate surface area is 117 Å². The molecule has 0 aliphatic rings. The van der Waals surface area contributed by atoms with Crippen LogP contribution in [0.25, 0.3) is 0 Å². The van der Waals surface area contributed by atoms with E-state index in [0.29, 0.717) is 9.92 Å². The van der Waals surface area contributed by atoms with Crippen molar-refractivity contribution in [2.45, 2.75) is 50.1 Å². The van der Waals surface area contributed by atoms with E-state index >= 15 is 0 Å². The van der Waals surface area contributed by atoms with E-state index in [1.54, 1.807) is 6.07 Å². The minimum Gasteiger partial charge on any atom is -0.274 e. The lowest BCUT2D eigenvalue weighted by Gasteiger charge is -2.28. The maximum atomic E-state index is 13.4. The average Bonchev–Trinajstić information content (AvgIpc) is 2.13. The Morgan fingerprint density at radius 2 is 1.67 bits per heavy atom. The Kier molecular flexibility index (Phi) is 4.36. The highest BCUT2D eigenvalue weighted by Gasteiger charge is 2.32. The summed E-state index contributed by atoms with van der Waals surface area (Å²) in [5.41, 5.74) is 0. The van der Waals surface area contributed by atoms with Crippen LogP contribution in [0.1, 0.15) is 20.8 Å². The Morgan fingerprint density at radius 3 is 2.06 bits per heavy atom. The van der Waals surface area contributed by atoms with Gasteiger partial charge in [-0.2, -0.15) is 0 Å². The number of hydrogen-bond acceptors (Lipinski definition) is 2. The number of rotatable bonds is 2. The second kappa shape index (κ2) is 4.98. The lowest BCUT2D eigenvalue weighted by atomic mass is 10.3. The van der Waals surface area contributed by atoms with Crippen molar-refractivity contribution >= 4 is 29.6 Å². The number of benzene rings is 1. The molecule has 0 saturated carbocycles. The highest BCUT2D eigenvalue weighted by Crippen LogP contribution is 2.33. The van der Waals surface area contributed by atoms with Crippen LogP contribution in [0.4, 0.5) is 0 Å². The first-order valence-corrected chi connectivity index (χ1v) is 11.3. The lowest BCUT2D eigenvalue weighted by Crippen LogP contribution is -2.32. The maximum absolute atomic E-state index is 13.4. The molecule has 0 spiro atoms. The van der Waals surface area contributed by atoms with E-state index in [4.69, 9.17) is 15.6 Å². The zero-order valence-corrected chi connectivity index (χ0v) is 14.5. The van der Waals surface area contributed by atoms with Gasteiger partial charge in [-0.25, -0.2) is 4.21 Å². The number of nitrogens with zero attached hydrogens (tertiary/aromatic N) is 1. The van der Waals surface area contributed by atoms with E-state index < -0.39 is 22.7 Å². The fraction of sp³-hybridized carbons (Fsp3) is 0.538. The van der Waals surface area contributed by atoms with Crippen molar-refractivity contribution in [2.75, 3.05) is 0 Å². The zero-order chi connectivity index (χ0) is 14.2. The van der Waals surface area contributed by atoms with Crippen LogP contribution >= 0.6 is 11.6 Å². The van der Waals surface area contributed by atoms with Crippen molar-refractivity contribution in [1.82, 2.24) is 0 Å². The van der Waals surface area contributed by atoms with E-state index in [1.807, 2.05) is 39.0 Å².